The van der Waals surface area contributed by atoms with Crippen molar-refractivity contribution in [2.45, 2.75) is 26.4 Å². The summed E-state index contributed by atoms with van der Waals surface area (Å²) >= 11 is 0. The lowest BCUT2D eigenvalue weighted by atomic mass is 10.4. The first-order valence-corrected chi connectivity index (χ1v) is 9.45. The van der Waals surface area contributed by atoms with E-state index in [0.29, 0.717) is 0 Å². The fraction of sp³-hybridized carbons (Fsp3) is 0.429. The average molecular weight is 294 g/mol. The Hall–Kier alpha value is -2.00. The Labute approximate surface area is 119 Å². The zero-order valence-electron chi connectivity index (χ0n) is 12.1. The molecule has 1 heterocycles. The largest absolute Gasteiger partial charge is 0.471 e. The summed E-state index contributed by atoms with van der Waals surface area (Å²) in [6.07, 6.45) is 1.08. The second-order valence-electron chi connectivity index (χ2n) is 4.82. The molecule has 0 aliphatic carbocycles. The highest BCUT2D eigenvalue weighted by Crippen LogP contribution is 2.08. The van der Waals surface area contributed by atoms with Crippen LogP contribution in [0.3, 0.4) is 0 Å². The summed E-state index contributed by atoms with van der Waals surface area (Å²) in [6.45, 7) is 6.08. The third-order valence-corrected chi connectivity index (χ3v) is 5.16. The Balaban J connectivity index is 2.60. The van der Waals surface area contributed by atoms with Crippen molar-refractivity contribution in [3.05, 3.63) is 17.9 Å². The minimum Gasteiger partial charge on any atom is -0.471 e. The van der Waals surface area contributed by atoms with E-state index in [9.17, 15) is 9.59 Å². The maximum absolute atomic E-state index is 11.4. The number of furan rings is 1. The standard InChI is InChI=1S/C14H18O5Si/c1-5-11-6-9-14(19-11)20(3,4)10-18-13(16)8-7-12(15)17-2/h6,9H,5,10H2,1-4H3. The fourth-order valence-electron chi connectivity index (χ4n) is 1.44. The maximum Gasteiger partial charge on any atom is 0.384 e. The molecular weight excluding hydrogens is 276 g/mol. The molecule has 0 fully saturated rings. The molecule has 0 saturated carbocycles. The van der Waals surface area contributed by atoms with Crippen molar-refractivity contribution in [3.8, 4) is 11.8 Å². The molecule has 1 aromatic rings. The van der Waals surface area contributed by atoms with Crippen LogP contribution in [0, 0.1) is 11.8 Å². The number of ether oxygens (including phenoxy) is 2. The van der Waals surface area contributed by atoms with Crippen LogP contribution < -0.4 is 5.38 Å². The van der Waals surface area contributed by atoms with Gasteiger partial charge in [0.2, 0.25) is 0 Å². The zero-order valence-corrected chi connectivity index (χ0v) is 13.1. The van der Waals surface area contributed by atoms with Gasteiger partial charge in [0.25, 0.3) is 0 Å². The van der Waals surface area contributed by atoms with Crippen LogP contribution >= 0.6 is 0 Å². The van der Waals surface area contributed by atoms with Crippen LogP contribution in [-0.4, -0.2) is 33.4 Å². The molecule has 6 heteroatoms. The number of hydrogen-bond donors (Lipinski definition) is 0. The molecule has 0 aliphatic rings. The van der Waals surface area contributed by atoms with E-state index in [4.69, 9.17) is 9.15 Å². The minimum atomic E-state index is -2.00. The monoisotopic (exact) mass is 294 g/mol. The van der Waals surface area contributed by atoms with Gasteiger partial charge in [0.15, 0.2) is 8.07 Å². The Bertz CT molecular complexity index is 547. The summed E-state index contributed by atoms with van der Waals surface area (Å²) < 4.78 is 15.1. The average Bonchev–Trinajstić information content (AvgIpc) is 2.92. The van der Waals surface area contributed by atoms with Crippen LogP contribution in [0.2, 0.25) is 13.1 Å². The van der Waals surface area contributed by atoms with Crippen LogP contribution in [-0.2, 0) is 25.5 Å². The quantitative estimate of drug-likeness (QED) is 0.359. The molecular formula is C14H18O5Si. The Kier molecular flexibility index (Phi) is 5.59. The Morgan fingerprint density at radius 1 is 1.25 bits per heavy atom. The van der Waals surface area contributed by atoms with Gasteiger partial charge in [0.1, 0.15) is 5.76 Å². The summed E-state index contributed by atoms with van der Waals surface area (Å²) in [7, 11) is -0.801. The van der Waals surface area contributed by atoms with Crippen molar-refractivity contribution < 1.29 is 23.5 Å². The smallest absolute Gasteiger partial charge is 0.384 e. The molecule has 20 heavy (non-hydrogen) atoms. The molecule has 0 saturated heterocycles. The van der Waals surface area contributed by atoms with Crippen molar-refractivity contribution in [2.24, 2.45) is 0 Å². The topological polar surface area (TPSA) is 65.7 Å². The van der Waals surface area contributed by atoms with Gasteiger partial charge < -0.3 is 13.9 Å². The van der Waals surface area contributed by atoms with Gasteiger partial charge in [0.05, 0.1) is 18.7 Å². The molecule has 0 aliphatic heterocycles. The Morgan fingerprint density at radius 2 is 1.90 bits per heavy atom. The van der Waals surface area contributed by atoms with Crippen LogP contribution in [0.25, 0.3) is 0 Å². The van der Waals surface area contributed by atoms with Crippen molar-refractivity contribution in [3.63, 3.8) is 0 Å². The number of esters is 2. The van der Waals surface area contributed by atoms with E-state index in [2.05, 4.69) is 10.7 Å². The molecule has 0 radical (unpaired) electrons. The predicted molar refractivity (Wildman–Crippen MR) is 76.0 cm³/mol. The molecule has 0 atom stereocenters. The lowest BCUT2D eigenvalue weighted by Gasteiger charge is -2.18. The van der Waals surface area contributed by atoms with Crippen molar-refractivity contribution in [1.82, 2.24) is 0 Å². The molecule has 0 bridgehead atoms. The molecule has 5 nitrogen and oxygen atoms in total. The third-order valence-electron chi connectivity index (χ3n) is 2.69. The molecule has 108 valence electrons. The van der Waals surface area contributed by atoms with E-state index in [1.807, 2.05) is 38.1 Å². The van der Waals surface area contributed by atoms with Crippen LogP contribution in [0.5, 0.6) is 0 Å². The van der Waals surface area contributed by atoms with E-state index in [-0.39, 0.29) is 6.23 Å². The number of rotatable bonds is 4. The van der Waals surface area contributed by atoms with E-state index < -0.39 is 20.0 Å². The van der Waals surface area contributed by atoms with Gasteiger partial charge in [-0.25, -0.2) is 9.59 Å². The lowest BCUT2D eigenvalue weighted by molar-refractivity contribution is -0.136. The fourth-order valence-corrected chi connectivity index (χ4v) is 3.01. The third kappa shape index (κ3) is 4.59. The van der Waals surface area contributed by atoms with E-state index in [0.717, 1.165) is 17.6 Å². The summed E-state index contributed by atoms with van der Waals surface area (Å²) in [5, 5.41) is 0.878. The second kappa shape index (κ2) is 6.96. The lowest BCUT2D eigenvalue weighted by Crippen LogP contribution is -2.46. The van der Waals surface area contributed by atoms with Crippen LogP contribution in [0.15, 0.2) is 16.5 Å². The molecule has 1 aromatic heterocycles. The van der Waals surface area contributed by atoms with Gasteiger partial charge >= 0.3 is 11.9 Å². The Morgan fingerprint density at radius 3 is 2.45 bits per heavy atom. The van der Waals surface area contributed by atoms with Gasteiger partial charge in [0, 0.05) is 18.3 Å². The normalized spacial score (nSPS) is 10.4. The van der Waals surface area contributed by atoms with E-state index in [1.165, 1.54) is 7.11 Å². The highest BCUT2D eigenvalue weighted by molar-refractivity contribution is 6.88. The molecule has 0 amide bonds. The highest BCUT2D eigenvalue weighted by Gasteiger charge is 2.29. The summed E-state index contributed by atoms with van der Waals surface area (Å²) in [4.78, 5) is 22.2. The molecule has 0 spiro atoms. The van der Waals surface area contributed by atoms with E-state index >= 15 is 0 Å². The number of methoxy groups -OCH3 is 1. The van der Waals surface area contributed by atoms with Crippen molar-refractivity contribution in [1.29, 1.82) is 0 Å². The van der Waals surface area contributed by atoms with Crippen molar-refractivity contribution >= 4 is 25.4 Å². The molecule has 1 rings (SSSR count). The van der Waals surface area contributed by atoms with Crippen LogP contribution in [0.4, 0.5) is 0 Å². The van der Waals surface area contributed by atoms with Crippen LogP contribution in [0.1, 0.15) is 12.7 Å². The SMILES string of the molecule is CCc1ccc([Si](C)(C)COC(=O)C#CC(=O)OC)o1. The maximum atomic E-state index is 11.4. The minimum absolute atomic E-state index is 0.248. The van der Waals surface area contributed by atoms with Gasteiger partial charge in [-0.2, -0.15) is 0 Å². The summed E-state index contributed by atoms with van der Waals surface area (Å²) in [6, 6.07) is 3.86. The van der Waals surface area contributed by atoms with Gasteiger partial charge in [-0.3, -0.25) is 0 Å². The zero-order chi connectivity index (χ0) is 15.2. The summed E-state index contributed by atoms with van der Waals surface area (Å²) in [5.74, 6) is 3.52. The van der Waals surface area contributed by atoms with Crippen molar-refractivity contribution in [2.75, 3.05) is 13.3 Å². The summed E-state index contributed by atoms with van der Waals surface area (Å²) in [5.41, 5.74) is 0. The first kappa shape index (κ1) is 16.1. The number of carbonyl (C=O) groups excluding carboxylic acids is 2. The first-order valence-electron chi connectivity index (χ1n) is 6.25. The number of aryl methyl sites for hydroxylation is 1. The van der Waals surface area contributed by atoms with Gasteiger partial charge in [-0.15, -0.1) is 0 Å². The molecule has 0 unspecified atom stereocenters. The number of carbonyl (C=O) groups is 2. The predicted octanol–water partition coefficient (Wildman–Crippen LogP) is 1.02. The second-order valence-corrected chi connectivity index (χ2v) is 9.37. The molecule has 0 N–H and O–H groups in total. The first-order chi connectivity index (χ1) is 9.39. The van der Waals surface area contributed by atoms with Gasteiger partial charge in [-0.1, -0.05) is 20.0 Å². The van der Waals surface area contributed by atoms with Gasteiger partial charge in [-0.05, 0) is 12.1 Å². The number of hydrogen-bond acceptors (Lipinski definition) is 5. The van der Waals surface area contributed by atoms with E-state index in [1.54, 1.807) is 0 Å². The molecule has 0 aromatic carbocycles. The highest BCUT2D eigenvalue weighted by atomic mass is 28.3.